The number of halogens is 3. The van der Waals surface area contributed by atoms with Crippen LogP contribution in [0, 0.1) is 5.92 Å². The van der Waals surface area contributed by atoms with Gasteiger partial charge in [-0.25, -0.2) is 4.68 Å². The predicted molar refractivity (Wildman–Crippen MR) is 82.1 cm³/mol. The van der Waals surface area contributed by atoms with Gasteiger partial charge in [0.25, 0.3) is 0 Å². The minimum atomic E-state index is -4.33. The van der Waals surface area contributed by atoms with Crippen molar-refractivity contribution in [2.24, 2.45) is 5.92 Å². The van der Waals surface area contributed by atoms with Crippen LogP contribution in [0.2, 0.25) is 0 Å². The summed E-state index contributed by atoms with van der Waals surface area (Å²) in [6, 6.07) is 7.26. The number of aromatic nitrogens is 2. The normalized spacial score (nSPS) is 19.0. The molecule has 1 aromatic heterocycles. The third kappa shape index (κ3) is 3.50. The third-order valence-electron chi connectivity index (χ3n) is 4.16. The number of alkyl halides is 3. The molecule has 0 radical (unpaired) electrons. The van der Waals surface area contributed by atoms with Crippen LogP contribution in [0.3, 0.4) is 0 Å². The Bertz CT molecular complexity index is 665. The van der Waals surface area contributed by atoms with E-state index in [-0.39, 0.29) is 17.5 Å². The highest BCUT2D eigenvalue weighted by molar-refractivity contribution is 5.35. The van der Waals surface area contributed by atoms with E-state index < -0.39 is 11.7 Å². The summed E-state index contributed by atoms with van der Waals surface area (Å²) in [4.78, 5) is 0. The summed E-state index contributed by atoms with van der Waals surface area (Å²) >= 11 is 0. The first kappa shape index (κ1) is 15.9. The van der Waals surface area contributed by atoms with Crippen molar-refractivity contribution in [3.05, 3.63) is 47.7 Å². The quantitative estimate of drug-likeness (QED) is 0.907. The molecule has 7 heteroatoms. The molecule has 0 saturated heterocycles. The summed E-state index contributed by atoms with van der Waals surface area (Å²) < 4.78 is 41.1. The number of nitrogens with zero attached hydrogens (tertiary/aromatic N) is 2. The Hall–Kier alpha value is -2.02. The second-order valence-electron chi connectivity index (χ2n) is 5.86. The van der Waals surface area contributed by atoms with E-state index in [2.05, 4.69) is 15.7 Å². The van der Waals surface area contributed by atoms with Crippen molar-refractivity contribution >= 4 is 5.82 Å². The van der Waals surface area contributed by atoms with E-state index in [0.29, 0.717) is 6.54 Å². The highest BCUT2D eigenvalue weighted by Crippen LogP contribution is 2.34. The van der Waals surface area contributed by atoms with Crippen LogP contribution in [0.1, 0.15) is 24.1 Å². The molecule has 124 valence electrons. The van der Waals surface area contributed by atoms with Crippen molar-refractivity contribution in [1.29, 1.82) is 0 Å². The number of anilines is 1. The number of fused-ring (bicyclic) bond motifs is 1. The SMILES string of the molecule is C[C@H](NC[C@H]1CNc2ccnn2C1)c1ccccc1C(F)(F)F. The zero-order valence-corrected chi connectivity index (χ0v) is 12.8. The predicted octanol–water partition coefficient (Wildman–Crippen LogP) is 3.29. The molecule has 4 nitrogen and oxygen atoms in total. The lowest BCUT2D eigenvalue weighted by molar-refractivity contribution is -0.138. The number of hydrogen-bond donors (Lipinski definition) is 2. The van der Waals surface area contributed by atoms with Gasteiger partial charge in [-0.3, -0.25) is 0 Å². The van der Waals surface area contributed by atoms with Gasteiger partial charge >= 0.3 is 6.18 Å². The van der Waals surface area contributed by atoms with Gasteiger partial charge in [-0.2, -0.15) is 18.3 Å². The first-order chi connectivity index (χ1) is 10.9. The van der Waals surface area contributed by atoms with Crippen molar-refractivity contribution in [3.8, 4) is 0 Å². The van der Waals surface area contributed by atoms with Gasteiger partial charge in [0.15, 0.2) is 0 Å². The van der Waals surface area contributed by atoms with Crippen LogP contribution in [-0.4, -0.2) is 22.9 Å². The van der Waals surface area contributed by atoms with Gasteiger partial charge in [0.05, 0.1) is 11.8 Å². The Kier molecular flexibility index (Phi) is 4.30. The van der Waals surface area contributed by atoms with Crippen LogP contribution in [0.5, 0.6) is 0 Å². The molecule has 1 aliphatic heterocycles. The van der Waals surface area contributed by atoms with Gasteiger partial charge < -0.3 is 10.6 Å². The van der Waals surface area contributed by atoms with Crippen LogP contribution in [0.4, 0.5) is 19.0 Å². The van der Waals surface area contributed by atoms with E-state index in [1.165, 1.54) is 12.1 Å². The lowest BCUT2D eigenvalue weighted by Gasteiger charge is -2.27. The van der Waals surface area contributed by atoms with Gasteiger partial charge in [0.2, 0.25) is 0 Å². The van der Waals surface area contributed by atoms with Crippen LogP contribution in [-0.2, 0) is 12.7 Å². The van der Waals surface area contributed by atoms with E-state index in [1.54, 1.807) is 19.2 Å². The largest absolute Gasteiger partial charge is 0.416 e. The van der Waals surface area contributed by atoms with Crippen molar-refractivity contribution in [2.75, 3.05) is 18.4 Å². The van der Waals surface area contributed by atoms with Crippen LogP contribution in [0.25, 0.3) is 0 Å². The lowest BCUT2D eigenvalue weighted by atomic mass is 10.00. The maximum Gasteiger partial charge on any atom is 0.416 e. The number of hydrogen-bond acceptors (Lipinski definition) is 3. The molecule has 0 fully saturated rings. The first-order valence-corrected chi connectivity index (χ1v) is 7.60. The van der Waals surface area contributed by atoms with Crippen molar-refractivity contribution in [1.82, 2.24) is 15.1 Å². The summed E-state index contributed by atoms with van der Waals surface area (Å²) in [5, 5.41) is 10.7. The summed E-state index contributed by atoms with van der Waals surface area (Å²) in [5.41, 5.74) is -0.292. The molecule has 0 spiro atoms. The Morgan fingerprint density at radius 1 is 1.35 bits per heavy atom. The number of benzene rings is 1. The third-order valence-corrected chi connectivity index (χ3v) is 4.16. The minimum absolute atomic E-state index is 0.280. The number of rotatable bonds is 4. The lowest BCUT2D eigenvalue weighted by Crippen LogP contribution is -2.36. The summed E-state index contributed by atoms with van der Waals surface area (Å²) in [6.45, 7) is 3.93. The van der Waals surface area contributed by atoms with Gasteiger partial charge in [-0.15, -0.1) is 0 Å². The molecule has 0 amide bonds. The minimum Gasteiger partial charge on any atom is -0.370 e. The average Bonchev–Trinajstić information content (AvgIpc) is 2.99. The molecule has 3 rings (SSSR count). The molecule has 0 aliphatic carbocycles. The van der Waals surface area contributed by atoms with Crippen LogP contribution < -0.4 is 10.6 Å². The topological polar surface area (TPSA) is 41.9 Å². The smallest absolute Gasteiger partial charge is 0.370 e. The number of nitrogens with one attached hydrogen (secondary N) is 2. The van der Waals surface area contributed by atoms with Crippen molar-refractivity contribution in [3.63, 3.8) is 0 Å². The average molecular weight is 324 g/mol. The Labute approximate surface area is 132 Å². The Balaban J connectivity index is 1.64. The molecule has 2 heterocycles. The fourth-order valence-corrected chi connectivity index (χ4v) is 2.91. The molecule has 23 heavy (non-hydrogen) atoms. The standard InChI is InChI=1S/C16H19F3N4/c1-11(13-4-2-3-5-14(13)16(17,18)19)20-8-12-9-21-15-6-7-22-23(15)10-12/h2-7,11-12,20-21H,8-10H2,1H3/t11-,12-/m0/s1. The second-order valence-corrected chi connectivity index (χ2v) is 5.86. The van der Waals surface area contributed by atoms with E-state index in [9.17, 15) is 13.2 Å². The highest BCUT2D eigenvalue weighted by atomic mass is 19.4. The molecule has 2 aromatic rings. The fraction of sp³-hybridized carbons (Fsp3) is 0.438. The Morgan fingerprint density at radius 2 is 2.13 bits per heavy atom. The molecular formula is C16H19F3N4. The van der Waals surface area contributed by atoms with Crippen LogP contribution >= 0.6 is 0 Å². The molecular weight excluding hydrogens is 305 g/mol. The van der Waals surface area contributed by atoms with E-state index in [1.807, 2.05) is 10.7 Å². The molecule has 1 aromatic carbocycles. The maximum atomic E-state index is 13.1. The van der Waals surface area contributed by atoms with Gasteiger partial charge in [-0.05, 0) is 18.6 Å². The Morgan fingerprint density at radius 3 is 2.91 bits per heavy atom. The molecule has 2 atom stereocenters. The van der Waals surface area contributed by atoms with E-state index in [0.717, 1.165) is 25.0 Å². The zero-order valence-electron chi connectivity index (χ0n) is 12.8. The fourth-order valence-electron chi connectivity index (χ4n) is 2.91. The molecule has 0 saturated carbocycles. The zero-order chi connectivity index (χ0) is 16.4. The van der Waals surface area contributed by atoms with Gasteiger partial charge in [-0.1, -0.05) is 18.2 Å². The van der Waals surface area contributed by atoms with Crippen molar-refractivity contribution in [2.45, 2.75) is 25.7 Å². The van der Waals surface area contributed by atoms with Gasteiger partial charge in [0.1, 0.15) is 5.82 Å². The van der Waals surface area contributed by atoms with Gasteiger partial charge in [0, 0.05) is 37.7 Å². The molecule has 1 aliphatic rings. The highest BCUT2D eigenvalue weighted by Gasteiger charge is 2.34. The molecule has 0 bridgehead atoms. The summed E-state index contributed by atoms with van der Waals surface area (Å²) in [5.74, 6) is 1.26. The molecule has 2 N–H and O–H groups in total. The van der Waals surface area contributed by atoms with Crippen LogP contribution in [0.15, 0.2) is 36.5 Å². The molecule has 0 unspecified atom stereocenters. The van der Waals surface area contributed by atoms with E-state index >= 15 is 0 Å². The first-order valence-electron chi connectivity index (χ1n) is 7.60. The maximum absolute atomic E-state index is 13.1. The van der Waals surface area contributed by atoms with E-state index in [4.69, 9.17) is 0 Å². The monoisotopic (exact) mass is 324 g/mol. The summed E-state index contributed by atoms with van der Waals surface area (Å²) in [7, 11) is 0. The summed E-state index contributed by atoms with van der Waals surface area (Å²) in [6.07, 6.45) is -2.59. The second kappa shape index (κ2) is 6.23. The van der Waals surface area contributed by atoms with Crippen molar-refractivity contribution < 1.29 is 13.2 Å².